The average molecular weight is 420 g/mol. The maximum absolute atomic E-state index is 12.2. The van der Waals surface area contributed by atoms with Gasteiger partial charge < -0.3 is 25.1 Å². The third-order valence-corrected chi connectivity index (χ3v) is 5.18. The highest BCUT2D eigenvalue weighted by Crippen LogP contribution is 2.26. The summed E-state index contributed by atoms with van der Waals surface area (Å²) in [4.78, 5) is 18.3. The molecule has 1 aromatic heterocycles. The van der Waals surface area contributed by atoms with Crippen LogP contribution >= 0.6 is 0 Å². The van der Waals surface area contributed by atoms with Crippen LogP contribution in [0.1, 0.15) is 57.3 Å². The van der Waals surface area contributed by atoms with Gasteiger partial charge in [-0.3, -0.25) is 0 Å². The van der Waals surface area contributed by atoms with Crippen LogP contribution in [0.3, 0.4) is 0 Å². The van der Waals surface area contributed by atoms with Gasteiger partial charge in [0.15, 0.2) is 0 Å². The summed E-state index contributed by atoms with van der Waals surface area (Å²) in [6.45, 7) is 6.55. The molecule has 1 aliphatic rings. The van der Waals surface area contributed by atoms with E-state index in [9.17, 15) is 4.79 Å². The SMILES string of the molecule is Cc1nc(/C(N)=C(\COC(=O)N(C)CC(C)C)N(C)N)ccc1OC1CCCCC1. The summed E-state index contributed by atoms with van der Waals surface area (Å²) in [6, 6.07) is 3.71. The number of nitrogens with zero attached hydrogens (tertiary/aromatic N) is 3. The maximum Gasteiger partial charge on any atom is 0.409 e. The number of carbonyl (C=O) groups excluding carboxylic acids is 1. The second-order valence-electron chi connectivity index (χ2n) is 8.46. The summed E-state index contributed by atoms with van der Waals surface area (Å²) < 4.78 is 11.5. The Morgan fingerprint density at radius 3 is 2.47 bits per heavy atom. The molecular weight excluding hydrogens is 382 g/mol. The molecule has 8 nitrogen and oxygen atoms in total. The van der Waals surface area contributed by atoms with Gasteiger partial charge in [-0.25, -0.2) is 15.6 Å². The van der Waals surface area contributed by atoms with Crippen molar-refractivity contribution in [1.82, 2.24) is 14.9 Å². The minimum absolute atomic E-state index is 0.0405. The lowest BCUT2D eigenvalue weighted by atomic mass is 9.98. The predicted molar refractivity (Wildman–Crippen MR) is 118 cm³/mol. The lowest BCUT2D eigenvalue weighted by Gasteiger charge is -2.24. The van der Waals surface area contributed by atoms with E-state index >= 15 is 0 Å². The van der Waals surface area contributed by atoms with Crippen molar-refractivity contribution in [3.63, 3.8) is 0 Å². The normalized spacial score (nSPS) is 15.6. The van der Waals surface area contributed by atoms with Crippen molar-refractivity contribution in [1.29, 1.82) is 0 Å². The number of aromatic nitrogens is 1. The van der Waals surface area contributed by atoms with Crippen LogP contribution in [-0.2, 0) is 4.74 Å². The number of hydrogen-bond acceptors (Lipinski definition) is 7. The first-order valence-electron chi connectivity index (χ1n) is 10.7. The first-order chi connectivity index (χ1) is 14.2. The summed E-state index contributed by atoms with van der Waals surface area (Å²) in [5.41, 5.74) is 8.53. The van der Waals surface area contributed by atoms with E-state index in [0.29, 0.717) is 29.6 Å². The monoisotopic (exact) mass is 419 g/mol. The van der Waals surface area contributed by atoms with Crippen molar-refractivity contribution in [3.8, 4) is 5.75 Å². The second kappa shape index (κ2) is 11.1. The van der Waals surface area contributed by atoms with Crippen LogP contribution < -0.4 is 16.3 Å². The fourth-order valence-electron chi connectivity index (χ4n) is 3.57. The quantitative estimate of drug-likeness (QED) is 0.492. The number of hydrazine groups is 1. The summed E-state index contributed by atoms with van der Waals surface area (Å²) in [6.07, 6.45) is 5.71. The predicted octanol–water partition coefficient (Wildman–Crippen LogP) is 3.26. The lowest BCUT2D eigenvalue weighted by Crippen LogP contribution is -2.35. The molecule has 8 heteroatoms. The number of amides is 1. The molecule has 1 amide bonds. The number of nitrogens with two attached hydrogens (primary N) is 2. The molecule has 4 N–H and O–H groups in total. The molecule has 0 atom stereocenters. The van der Waals surface area contributed by atoms with Gasteiger partial charge in [-0.2, -0.15) is 0 Å². The summed E-state index contributed by atoms with van der Waals surface area (Å²) in [5.74, 6) is 7.08. The Balaban J connectivity index is 2.11. The molecule has 2 rings (SSSR count). The van der Waals surface area contributed by atoms with Crippen molar-refractivity contribution >= 4 is 11.8 Å². The number of aryl methyl sites for hydroxylation is 1. The zero-order chi connectivity index (χ0) is 22.3. The largest absolute Gasteiger partial charge is 0.489 e. The van der Waals surface area contributed by atoms with Crippen molar-refractivity contribution in [2.24, 2.45) is 17.5 Å². The molecule has 0 bridgehead atoms. The van der Waals surface area contributed by atoms with E-state index < -0.39 is 6.09 Å². The number of hydrogen-bond donors (Lipinski definition) is 2. The van der Waals surface area contributed by atoms with Crippen LogP contribution in [0.4, 0.5) is 4.79 Å². The number of carbonyl (C=O) groups is 1. The summed E-state index contributed by atoms with van der Waals surface area (Å²) in [5, 5.41) is 1.36. The standard InChI is InChI=1S/C22H37N5O3/c1-15(2)13-26(4)22(28)29-14-19(27(5)24)21(23)18-11-12-20(16(3)25-18)30-17-9-7-6-8-10-17/h11-12,15,17H,6-10,13-14,23-24H2,1-5H3/b21-19-. The van der Waals surface area contributed by atoms with Gasteiger partial charge >= 0.3 is 6.09 Å². The zero-order valence-corrected chi connectivity index (χ0v) is 19.0. The van der Waals surface area contributed by atoms with Crippen LogP contribution in [0.5, 0.6) is 5.75 Å². The first kappa shape index (κ1) is 23.8. The Kier molecular flexibility index (Phi) is 8.77. The van der Waals surface area contributed by atoms with Crippen LogP contribution in [0, 0.1) is 12.8 Å². The smallest absolute Gasteiger partial charge is 0.409 e. The topological polar surface area (TPSA) is 107 Å². The minimum atomic E-state index is -0.420. The molecule has 1 aliphatic carbocycles. The van der Waals surface area contributed by atoms with Crippen molar-refractivity contribution in [2.45, 2.75) is 59.0 Å². The Bertz CT molecular complexity index is 742. The maximum atomic E-state index is 12.2. The fourth-order valence-corrected chi connectivity index (χ4v) is 3.57. The third kappa shape index (κ3) is 6.79. The van der Waals surface area contributed by atoms with Gasteiger partial charge in [-0.1, -0.05) is 20.3 Å². The first-order valence-corrected chi connectivity index (χ1v) is 10.7. The Morgan fingerprint density at radius 1 is 1.23 bits per heavy atom. The molecule has 1 saturated carbocycles. The minimum Gasteiger partial charge on any atom is -0.489 e. The highest BCUT2D eigenvalue weighted by Gasteiger charge is 2.19. The van der Waals surface area contributed by atoms with E-state index in [4.69, 9.17) is 21.1 Å². The van der Waals surface area contributed by atoms with Crippen molar-refractivity contribution in [2.75, 3.05) is 27.2 Å². The van der Waals surface area contributed by atoms with E-state index in [1.165, 1.54) is 29.2 Å². The average Bonchev–Trinajstić information content (AvgIpc) is 2.69. The number of pyridine rings is 1. The number of likely N-dealkylation sites (N-methyl/N-ethyl adjacent to an activating group) is 1. The van der Waals surface area contributed by atoms with Gasteiger partial charge in [0.25, 0.3) is 0 Å². The number of ether oxygens (including phenoxy) is 2. The van der Waals surface area contributed by atoms with Crippen LogP contribution in [0.25, 0.3) is 5.70 Å². The Hall–Kier alpha value is -2.48. The molecule has 168 valence electrons. The third-order valence-electron chi connectivity index (χ3n) is 5.18. The van der Waals surface area contributed by atoms with Gasteiger partial charge in [0.05, 0.1) is 28.9 Å². The fraction of sp³-hybridized carbons (Fsp3) is 0.636. The molecule has 0 saturated heterocycles. The summed E-state index contributed by atoms with van der Waals surface area (Å²) >= 11 is 0. The molecule has 1 aromatic rings. The number of rotatable bonds is 8. The second-order valence-corrected chi connectivity index (χ2v) is 8.46. The molecule has 1 fully saturated rings. The Labute approximate surface area is 180 Å². The molecule has 30 heavy (non-hydrogen) atoms. The molecular formula is C22H37N5O3. The van der Waals surface area contributed by atoms with E-state index in [0.717, 1.165) is 24.3 Å². The van der Waals surface area contributed by atoms with Crippen molar-refractivity contribution in [3.05, 3.63) is 29.2 Å². The van der Waals surface area contributed by atoms with Gasteiger partial charge in [0.1, 0.15) is 12.4 Å². The van der Waals surface area contributed by atoms with Gasteiger partial charge in [-0.05, 0) is 50.7 Å². The lowest BCUT2D eigenvalue weighted by molar-refractivity contribution is 0.109. The van der Waals surface area contributed by atoms with Gasteiger partial charge in [0.2, 0.25) is 0 Å². The zero-order valence-electron chi connectivity index (χ0n) is 19.0. The molecule has 0 spiro atoms. The highest BCUT2D eigenvalue weighted by molar-refractivity contribution is 5.68. The molecule has 0 unspecified atom stereocenters. The van der Waals surface area contributed by atoms with E-state index in [1.807, 2.05) is 32.9 Å². The van der Waals surface area contributed by atoms with E-state index in [2.05, 4.69) is 4.98 Å². The van der Waals surface area contributed by atoms with Crippen LogP contribution in [-0.4, -0.2) is 54.3 Å². The van der Waals surface area contributed by atoms with E-state index in [-0.39, 0.29) is 12.7 Å². The van der Waals surface area contributed by atoms with Gasteiger partial charge in [0, 0.05) is 20.6 Å². The van der Waals surface area contributed by atoms with Gasteiger partial charge in [-0.15, -0.1) is 0 Å². The van der Waals surface area contributed by atoms with E-state index in [1.54, 1.807) is 14.1 Å². The molecule has 0 aromatic carbocycles. The molecule has 0 aliphatic heterocycles. The Morgan fingerprint density at radius 2 is 1.90 bits per heavy atom. The molecule has 0 radical (unpaired) electrons. The van der Waals surface area contributed by atoms with Crippen LogP contribution in [0.15, 0.2) is 17.8 Å². The van der Waals surface area contributed by atoms with Crippen LogP contribution in [0.2, 0.25) is 0 Å². The van der Waals surface area contributed by atoms with Crippen molar-refractivity contribution < 1.29 is 14.3 Å². The summed E-state index contributed by atoms with van der Waals surface area (Å²) in [7, 11) is 3.36. The molecule has 1 heterocycles. The highest BCUT2D eigenvalue weighted by atomic mass is 16.6.